The lowest BCUT2D eigenvalue weighted by molar-refractivity contribution is 0.0826. The molecule has 1 saturated heterocycles. The van der Waals surface area contributed by atoms with Gasteiger partial charge in [0.15, 0.2) is 0 Å². The summed E-state index contributed by atoms with van der Waals surface area (Å²) in [5.74, 6) is 0.979. The first-order valence-electron chi connectivity index (χ1n) is 10.3. The van der Waals surface area contributed by atoms with Gasteiger partial charge in [0.2, 0.25) is 10.0 Å². The monoisotopic (exact) mass is 446 g/mol. The van der Waals surface area contributed by atoms with Crippen molar-refractivity contribution in [1.29, 1.82) is 0 Å². The smallest absolute Gasteiger partial charge is 0.256 e. The van der Waals surface area contributed by atoms with Gasteiger partial charge in [0.05, 0.1) is 23.3 Å². The van der Waals surface area contributed by atoms with Crippen LogP contribution in [0.3, 0.4) is 0 Å². The Hall–Kier alpha value is -2.52. The third-order valence-corrected chi connectivity index (χ3v) is 7.70. The van der Waals surface area contributed by atoms with Gasteiger partial charge in [-0.1, -0.05) is 0 Å². The summed E-state index contributed by atoms with van der Waals surface area (Å²) in [6.45, 7) is 6.17. The second-order valence-electron chi connectivity index (χ2n) is 8.22. The zero-order valence-electron chi connectivity index (χ0n) is 19.0. The molecule has 0 bridgehead atoms. The Balaban J connectivity index is 1.88. The lowest BCUT2D eigenvalue weighted by Crippen LogP contribution is -2.39. The van der Waals surface area contributed by atoms with Crippen molar-refractivity contribution in [2.75, 3.05) is 34.3 Å². The third-order valence-electron chi connectivity index (χ3n) is 5.69. The highest BCUT2D eigenvalue weighted by Crippen LogP contribution is 2.32. The van der Waals surface area contributed by atoms with E-state index in [-0.39, 0.29) is 11.8 Å². The molecule has 0 saturated carbocycles. The van der Waals surface area contributed by atoms with Crippen molar-refractivity contribution in [2.45, 2.75) is 44.4 Å². The van der Waals surface area contributed by atoms with E-state index in [9.17, 15) is 13.2 Å². The second kappa shape index (κ2) is 8.92. The van der Waals surface area contributed by atoms with Crippen LogP contribution in [0, 0.1) is 20.8 Å². The Bertz CT molecular complexity index is 1100. The van der Waals surface area contributed by atoms with E-state index in [0.29, 0.717) is 46.4 Å². The maximum atomic E-state index is 13.4. The molecule has 1 unspecified atom stereocenters. The van der Waals surface area contributed by atoms with Gasteiger partial charge in [-0.15, -0.1) is 0 Å². The Kier molecular flexibility index (Phi) is 6.66. The fourth-order valence-electron chi connectivity index (χ4n) is 3.90. The van der Waals surface area contributed by atoms with Crippen molar-refractivity contribution in [3.8, 4) is 5.75 Å². The van der Waals surface area contributed by atoms with E-state index in [0.717, 1.165) is 18.4 Å². The molecule has 1 atom stereocenters. The predicted octanol–water partition coefficient (Wildman–Crippen LogP) is 2.68. The standard InChI is InChI=1S/C22H30N4O4S/c1-14-11-20(15(2)10-19(14)30-6)31(28,29)26-9-7-8-17(13-26)21-23-12-18(16(3)24-21)22(27)25(4)5/h10-12,17H,7-9,13H2,1-6H3. The number of ether oxygens (including phenoxy) is 1. The highest BCUT2D eigenvalue weighted by atomic mass is 32.2. The van der Waals surface area contributed by atoms with Crippen molar-refractivity contribution >= 4 is 15.9 Å². The van der Waals surface area contributed by atoms with Crippen LogP contribution in [0.25, 0.3) is 0 Å². The van der Waals surface area contributed by atoms with Gasteiger partial charge < -0.3 is 9.64 Å². The number of sulfonamides is 1. The molecular formula is C22H30N4O4S. The maximum absolute atomic E-state index is 13.4. The minimum absolute atomic E-state index is 0.120. The van der Waals surface area contributed by atoms with Gasteiger partial charge >= 0.3 is 0 Å². The van der Waals surface area contributed by atoms with Crippen LogP contribution in [0.5, 0.6) is 5.75 Å². The van der Waals surface area contributed by atoms with Crippen LogP contribution in [-0.4, -0.2) is 67.8 Å². The van der Waals surface area contributed by atoms with Crippen LogP contribution in [0.1, 0.15) is 51.8 Å². The van der Waals surface area contributed by atoms with Crippen LogP contribution in [0.4, 0.5) is 0 Å². The first-order valence-corrected chi connectivity index (χ1v) is 11.7. The number of amides is 1. The topological polar surface area (TPSA) is 92.7 Å². The maximum Gasteiger partial charge on any atom is 0.256 e. The summed E-state index contributed by atoms with van der Waals surface area (Å²) in [6.07, 6.45) is 3.07. The summed E-state index contributed by atoms with van der Waals surface area (Å²) in [4.78, 5) is 23.0. The summed E-state index contributed by atoms with van der Waals surface area (Å²) in [7, 11) is 1.28. The molecule has 1 amide bonds. The van der Waals surface area contributed by atoms with Gasteiger partial charge in [-0.2, -0.15) is 4.31 Å². The van der Waals surface area contributed by atoms with Gasteiger partial charge in [0.1, 0.15) is 11.6 Å². The summed E-state index contributed by atoms with van der Waals surface area (Å²) >= 11 is 0. The van der Waals surface area contributed by atoms with Crippen molar-refractivity contribution in [3.63, 3.8) is 0 Å². The summed E-state index contributed by atoms with van der Waals surface area (Å²) < 4.78 is 33.7. The highest BCUT2D eigenvalue weighted by molar-refractivity contribution is 7.89. The summed E-state index contributed by atoms with van der Waals surface area (Å²) in [6, 6.07) is 3.44. The molecule has 2 heterocycles. The zero-order chi connectivity index (χ0) is 22.9. The fourth-order valence-corrected chi connectivity index (χ4v) is 5.72. The van der Waals surface area contributed by atoms with Gasteiger partial charge in [0, 0.05) is 39.3 Å². The van der Waals surface area contributed by atoms with Gasteiger partial charge in [0.25, 0.3) is 5.91 Å². The molecule has 0 aliphatic carbocycles. The van der Waals surface area contributed by atoms with E-state index in [4.69, 9.17) is 4.74 Å². The van der Waals surface area contributed by atoms with E-state index in [1.54, 1.807) is 53.4 Å². The number of hydrogen-bond acceptors (Lipinski definition) is 6. The zero-order valence-corrected chi connectivity index (χ0v) is 19.8. The molecule has 9 heteroatoms. The Morgan fingerprint density at radius 3 is 2.52 bits per heavy atom. The molecule has 0 radical (unpaired) electrons. The van der Waals surface area contributed by atoms with Gasteiger partial charge in [-0.25, -0.2) is 18.4 Å². The van der Waals surface area contributed by atoms with Crippen molar-refractivity contribution in [2.24, 2.45) is 0 Å². The lowest BCUT2D eigenvalue weighted by atomic mass is 9.98. The molecule has 1 aliphatic rings. The van der Waals surface area contributed by atoms with Crippen LogP contribution in [0.2, 0.25) is 0 Å². The average Bonchev–Trinajstić information content (AvgIpc) is 2.74. The molecule has 1 aromatic carbocycles. The Morgan fingerprint density at radius 2 is 1.90 bits per heavy atom. The van der Waals surface area contributed by atoms with E-state index in [1.807, 2.05) is 6.92 Å². The van der Waals surface area contributed by atoms with Crippen molar-refractivity contribution in [3.05, 3.63) is 46.5 Å². The Morgan fingerprint density at radius 1 is 1.19 bits per heavy atom. The number of aryl methyl sites for hydroxylation is 3. The van der Waals surface area contributed by atoms with E-state index in [1.165, 1.54) is 9.21 Å². The third kappa shape index (κ3) is 4.57. The van der Waals surface area contributed by atoms with Crippen LogP contribution >= 0.6 is 0 Å². The average molecular weight is 447 g/mol. The molecule has 168 valence electrons. The molecule has 3 rings (SSSR count). The van der Waals surface area contributed by atoms with E-state index in [2.05, 4.69) is 9.97 Å². The number of rotatable bonds is 5. The fraction of sp³-hybridized carbons (Fsp3) is 0.500. The molecule has 2 aromatic rings. The van der Waals surface area contributed by atoms with E-state index < -0.39 is 10.0 Å². The number of piperidine rings is 1. The van der Waals surface area contributed by atoms with Crippen LogP contribution < -0.4 is 4.74 Å². The first-order chi connectivity index (χ1) is 14.6. The first kappa shape index (κ1) is 23.1. The molecule has 31 heavy (non-hydrogen) atoms. The Labute approximate surface area is 184 Å². The summed E-state index contributed by atoms with van der Waals surface area (Å²) in [5, 5.41) is 0. The number of nitrogens with zero attached hydrogens (tertiary/aromatic N) is 4. The summed E-state index contributed by atoms with van der Waals surface area (Å²) in [5.41, 5.74) is 2.49. The van der Waals surface area contributed by atoms with Gasteiger partial charge in [-0.05, 0) is 56.9 Å². The molecule has 0 spiro atoms. The minimum atomic E-state index is -3.66. The number of aromatic nitrogens is 2. The van der Waals surface area contributed by atoms with Gasteiger partial charge in [-0.3, -0.25) is 4.79 Å². The largest absolute Gasteiger partial charge is 0.496 e. The normalized spacial score (nSPS) is 17.4. The molecule has 1 aliphatic heterocycles. The minimum Gasteiger partial charge on any atom is -0.496 e. The quantitative estimate of drug-likeness (QED) is 0.701. The number of benzene rings is 1. The SMILES string of the molecule is COc1cc(C)c(S(=O)(=O)N2CCCC(c3ncc(C(=O)N(C)C)c(C)n3)C2)cc1C. The lowest BCUT2D eigenvalue weighted by Gasteiger charge is -2.32. The molecule has 0 N–H and O–H groups in total. The number of hydrogen-bond donors (Lipinski definition) is 0. The highest BCUT2D eigenvalue weighted by Gasteiger charge is 2.33. The molecule has 1 aromatic heterocycles. The molecule has 1 fully saturated rings. The number of carbonyl (C=O) groups is 1. The van der Waals surface area contributed by atoms with Crippen molar-refractivity contribution in [1.82, 2.24) is 19.2 Å². The van der Waals surface area contributed by atoms with E-state index >= 15 is 0 Å². The van der Waals surface area contributed by atoms with Crippen molar-refractivity contribution < 1.29 is 17.9 Å². The second-order valence-corrected chi connectivity index (χ2v) is 10.1. The number of methoxy groups -OCH3 is 1. The van der Waals surface area contributed by atoms with Crippen LogP contribution in [-0.2, 0) is 10.0 Å². The van der Waals surface area contributed by atoms with Crippen LogP contribution in [0.15, 0.2) is 23.2 Å². The molecular weight excluding hydrogens is 416 g/mol. The number of carbonyl (C=O) groups excluding carboxylic acids is 1. The predicted molar refractivity (Wildman–Crippen MR) is 118 cm³/mol. The molecule has 8 nitrogen and oxygen atoms in total.